The molecule has 1 amide bonds. The zero-order chi connectivity index (χ0) is 21.3. The molecule has 1 fully saturated rings. The molecule has 1 aliphatic heterocycles. The van der Waals surface area contributed by atoms with Crippen LogP contribution in [0, 0.1) is 0 Å². The van der Waals surface area contributed by atoms with Gasteiger partial charge in [-0.25, -0.2) is 4.98 Å². The van der Waals surface area contributed by atoms with Crippen molar-refractivity contribution >= 4 is 22.5 Å². The van der Waals surface area contributed by atoms with Crippen molar-refractivity contribution in [1.29, 1.82) is 0 Å². The van der Waals surface area contributed by atoms with Gasteiger partial charge in [-0.3, -0.25) is 18.8 Å². The van der Waals surface area contributed by atoms with Crippen LogP contribution in [0.1, 0.15) is 10.4 Å². The van der Waals surface area contributed by atoms with E-state index in [0.717, 1.165) is 5.69 Å². The highest BCUT2D eigenvalue weighted by molar-refractivity contribution is 5.96. The Morgan fingerprint density at radius 1 is 1.23 bits per heavy atom. The molecule has 0 unspecified atom stereocenters. The number of aryl methyl sites for hydroxylation is 1. The fourth-order valence-corrected chi connectivity index (χ4v) is 3.71. The van der Waals surface area contributed by atoms with E-state index in [-0.39, 0.29) is 24.6 Å². The molecule has 1 N–H and O–H groups in total. The number of hydrogen-bond acceptors (Lipinski definition) is 7. The number of nitrogens with zero attached hydrogens (tertiary/aromatic N) is 6. The number of anilines is 1. The Bertz CT molecular complexity index is 1130. The van der Waals surface area contributed by atoms with Crippen molar-refractivity contribution in [3.05, 3.63) is 46.6 Å². The maximum absolute atomic E-state index is 12.8. The fourth-order valence-electron chi connectivity index (χ4n) is 3.71. The number of aliphatic hydroxyl groups excluding tert-OH is 1. The van der Waals surface area contributed by atoms with Crippen LogP contribution in [0.4, 0.5) is 5.69 Å². The van der Waals surface area contributed by atoms with Gasteiger partial charge in [0.25, 0.3) is 11.5 Å². The maximum atomic E-state index is 12.8. The van der Waals surface area contributed by atoms with Crippen LogP contribution in [-0.4, -0.2) is 75.1 Å². The second-order valence-corrected chi connectivity index (χ2v) is 7.17. The second-order valence-electron chi connectivity index (χ2n) is 7.17. The molecule has 0 bridgehead atoms. The molecule has 10 nitrogen and oxygen atoms in total. The molecule has 158 valence electrons. The third-order valence-corrected chi connectivity index (χ3v) is 5.30. The second kappa shape index (κ2) is 8.15. The van der Waals surface area contributed by atoms with Gasteiger partial charge >= 0.3 is 0 Å². The highest BCUT2D eigenvalue weighted by Gasteiger charge is 2.26. The van der Waals surface area contributed by atoms with E-state index in [2.05, 4.69) is 15.0 Å². The van der Waals surface area contributed by atoms with Crippen LogP contribution in [0.25, 0.3) is 10.9 Å². The monoisotopic (exact) mass is 412 g/mol. The minimum absolute atomic E-state index is 0.0933. The van der Waals surface area contributed by atoms with E-state index >= 15 is 0 Å². The first-order chi connectivity index (χ1) is 14.5. The summed E-state index contributed by atoms with van der Waals surface area (Å²) in [6.45, 7) is 2.59. The molecule has 4 rings (SSSR count). The maximum Gasteiger partial charge on any atom is 0.261 e. The normalized spacial score (nSPS) is 14.4. The SMILES string of the molecule is COc1nn(C)cc1C(=O)N1CCN(c2ccc3c(=O)n(CCO)cnc3c2)CC1. The van der Waals surface area contributed by atoms with E-state index in [9.17, 15) is 9.59 Å². The summed E-state index contributed by atoms with van der Waals surface area (Å²) >= 11 is 0. The van der Waals surface area contributed by atoms with Crippen LogP contribution in [0.2, 0.25) is 0 Å². The Labute approximate surface area is 172 Å². The Morgan fingerprint density at radius 2 is 2.00 bits per heavy atom. The first-order valence-corrected chi connectivity index (χ1v) is 9.73. The summed E-state index contributed by atoms with van der Waals surface area (Å²) in [4.78, 5) is 33.6. The number of fused-ring (bicyclic) bond motifs is 1. The molecule has 3 heterocycles. The lowest BCUT2D eigenvalue weighted by Crippen LogP contribution is -2.48. The van der Waals surface area contributed by atoms with Crippen LogP contribution >= 0.6 is 0 Å². The minimum Gasteiger partial charge on any atom is -0.479 e. The Hall–Kier alpha value is -3.40. The summed E-state index contributed by atoms with van der Waals surface area (Å²) in [5, 5.41) is 13.7. The number of piperazine rings is 1. The van der Waals surface area contributed by atoms with Crippen molar-refractivity contribution in [2.75, 3.05) is 44.8 Å². The summed E-state index contributed by atoms with van der Waals surface area (Å²) in [5.41, 5.74) is 1.87. The lowest BCUT2D eigenvalue weighted by molar-refractivity contribution is 0.0743. The molecule has 0 radical (unpaired) electrons. The van der Waals surface area contributed by atoms with Crippen LogP contribution in [0.3, 0.4) is 0 Å². The number of rotatable bonds is 5. The van der Waals surface area contributed by atoms with E-state index < -0.39 is 0 Å². The van der Waals surface area contributed by atoms with Crippen LogP contribution < -0.4 is 15.2 Å². The van der Waals surface area contributed by atoms with Crippen LogP contribution in [-0.2, 0) is 13.6 Å². The summed E-state index contributed by atoms with van der Waals surface area (Å²) < 4.78 is 8.18. The molecule has 2 aromatic heterocycles. The highest BCUT2D eigenvalue weighted by atomic mass is 16.5. The van der Waals surface area contributed by atoms with E-state index in [4.69, 9.17) is 9.84 Å². The third kappa shape index (κ3) is 3.61. The third-order valence-electron chi connectivity index (χ3n) is 5.30. The predicted octanol–water partition coefficient (Wildman–Crippen LogP) is 0.0933. The average Bonchev–Trinajstić information content (AvgIpc) is 3.16. The number of carbonyl (C=O) groups is 1. The molecule has 30 heavy (non-hydrogen) atoms. The number of carbonyl (C=O) groups excluding carboxylic acids is 1. The number of methoxy groups -OCH3 is 1. The van der Waals surface area contributed by atoms with E-state index in [1.807, 2.05) is 12.1 Å². The van der Waals surface area contributed by atoms with Crippen molar-refractivity contribution in [3.63, 3.8) is 0 Å². The van der Waals surface area contributed by atoms with Crippen molar-refractivity contribution in [2.24, 2.45) is 7.05 Å². The van der Waals surface area contributed by atoms with Gasteiger partial charge in [0.1, 0.15) is 5.56 Å². The van der Waals surface area contributed by atoms with E-state index in [0.29, 0.717) is 48.5 Å². The van der Waals surface area contributed by atoms with Gasteiger partial charge in [-0.2, -0.15) is 0 Å². The predicted molar refractivity (Wildman–Crippen MR) is 111 cm³/mol. The zero-order valence-electron chi connectivity index (χ0n) is 17.0. The van der Waals surface area contributed by atoms with E-state index in [1.54, 1.807) is 28.9 Å². The van der Waals surface area contributed by atoms with E-state index in [1.165, 1.54) is 18.0 Å². The van der Waals surface area contributed by atoms with Gasteiger partial charge in [0, 0.05) is 45.1 Å². The Balaban J connectivity index is 1.48. The first-order valence-electron chi connectivity index (χ1n) is 9.73. The average molecular weight is 412 g/mol. The summed E-state index contributed by atoms with van der Waals surface area (Å²) in [6, 6.07) is 5.56. The van der Waals surface area contributed by atoms with Gasteiger partial charge in [0.05, 0.1) is 37.5 Å². The lowest BCUT2D eigenvalue weighted by atomic mass is 10.2. The smallest absolute Gasteiger partial charge is 0.261 e. The molecular formula is C20H24N6O4. The van der Waals surface area contributed by atoms with Gasteiger partial charge in [-0.05, 0) is 18.2 Å². The molecule has 0 spiro atoms. The number of aliphatic hydroxyl groups is 1. The molecule has 0 atom stereocenters. The summed E-state index contributed by atoms with van der Waals surface area (Å²) in [7, 11) is 3.26. The molecule has 0 saturated carbocycles. The molecular weight excluding hydrogens is 388 g/mol. The molecule has 3 aromatic rings. The number of hydrogen-bond donors (Lipinski definition) is 1. The largest absolute Gasteiger partial charge is 0.479 e. The summed E-state index contributed by atoms with van der Waals surface area (Å²) in [6.07, 6.45) is 3.13. The lowest BCUT2D eigenvalue weighted by Gasteiger charge is -2.36. The standard InChI is InChI=1S/C20H24N6O4/c1-23-12-16(18(22-23)30-2)20(29)25-7-5-24(6-8-25)14-3-4-15-17(11-14)21-13-26(9-10-27)19(15)28/h3-4,11-13,27H,5-10H2,1-2H3. The quantitative estimate of drug-likeness (QED) is 0.633. The van der Waals surface area contributed by atoms with Gasteiger partial charge < -0.3 is 19.6 Å². The number of aromatic nitrogens is 4. The molecule has 0 aliphatic carbocycles. The number of benzene rings is 1. The van der Waals surface area contributed by atoms with Gasteiger partial charge in [-0.15, -0.1) is 5.10 Å². The Kier molecular flexibility index (Phi) is 5.40. The zero-order valence-corrected chi connectivity index (χ0v) is 17.0. The van der Waals surface area contributed by atoms with Crippen molar-refractivity contribution in [1.82, 2.24) is 24.2 Å². The van der Waals surface area contributed by atoms with Gasteiger partial charge in [0.2, 0.25) is 5.88 Å². The topological polar surface area (TPSA) is 106 Å². The van der Waals surface area contributed by atoms with Crippen LogP contribution in [0.15, 0.2) is 35.5 Å². The Morgan fingerprint density at radius 3 is 2.70 bits per heavy atom. The molecule has 1 aromatic carbocycles. The van der Waals surface area contributed by atoms with Crippen molar-refractivity contribution in [3.8, 4) is 5.88 Å². The fraction of sp³-hybridized carbons (Fsp3) is 0.400. The minimum atomic E-state index is -0.165. The summed E-state index contributed by atoms with van der Waals surface area (Å²) in [5.74, 6) is 0.238. The molecule has 1 saturated heterocycles. The highest BCUT2D eigenvalue weighted by Crippen LogP contribution is 2.22. The first kappa shape index (κ1) is 19.9. The number of ether oxygens (including phenoxy) is 1. The van der Waals surface area contributed by atoms with Gasteiger partial charge in [0.15, 0.2) is 0 Å². The van der Waals surface area contributed by atoms with Crippen LogP contribution in [0.5, 0.6) is 5.88 Å². The molecule has 1 aliphatic rings. The van der Waals surface area contributed by atoms with Crippen molar-refractivity contribution in [2.45, 2.75) is 6.54 Å². The van der Waals surface area contributed by atoms with Crippen molar-refractivity contribution < 1.29 is 14.6 Å². The molecule has 10 heteroatoms. The number of amides is 1. The van der Waals surface area contributed by atoms with Gasteiger partial charge in [-0.1, -0.05) is 0 Å².